The molecule has 0 unspecified atom stereocenters. The third-order valence-electron chi connectivity index (χ3n) is 3.93. The number of amides is 1. The molecule has 0 aliphatic heterocycles. The monoisotopic (exact) mass is 273 g/mol. The first-order valence-corrected chi connectivity index (χ1v) is 7.97. The van der Waals surface area contributed by atoms with Gasteiger partial charge in [0.25, 0.3) is 0 Å². The standard InChI is InChI=1S/C12H21NO2S.C2H6/c1-4-9-7-10(9)11(14)13-16-15-12(5-6-12)8(2)3;1-2/h8-10H,4-7H2,1-3H3,(H,13,14);1-2H3/t9-,10+;/m1./s1. The highest BCUT2D eigenvalue weighted by molar-refractivity contribution is 7.93. The zero-order chi connectivity index (χ0) is 13.8. The Morgan fingerprint density at radius 2 is 2.06 bits per heavy atom. The lowest BCUT2D eigenvalue weighted by atomic mass is 10.1. The van der Waals surface area contributed by atoms with E-state index in [1.807, 2.05) is 13.8 Å². The molecule has 0 radical (unpaired) electrons. The van der Waals surface area contributed by atoms with Crippen molar-refractivity contribution < 1.29 is 8.98 Å². The predicted molar refractivity (Wildman–Crippen MR) is 76.9 cm³/mol. The Hall–Kier alpha value is -0.220. The van der Waals surface area contributed by atoms with Crippen molar-refractivity contribution in [2.45, 2.75) is 65.9 Å². The molecule has 2 atom stereocenters. The Balaban J connectivity index is 0.000000771. The second kappa shape index (κ2) is 6.80. The summed E-state index contributed by atoms with van der Waals surface area (Å²) in [6.45, 7) is 10.5. The van der Waals surface area contributed by atoms with E-state index in [0.29, 0.717) is 11.8 Å². The topological polar surface area (TPSA) is 38.3 Å². The van der Waals surface area contributed by atoms with Crippen molar-refractivity contribution in [2.24, 2.45) is 17.8 Å². The summed E-state index contributed by atoms with van der Waals surface area (Å²) in [5.41, 5.74) is 0.0334. The molecule has 3 nitrogen and oxygen atoms in total. The second-order valence-corrected chi connectivity index (χ2v) is 5.90. The molecule has 0 spiro atoms. The van der Waals surface area contributed by atoms with Crippen molar-refractivity contribution in [1.82, 2.24) is 4.72 Å². The van der Waals surface area contributed by atoms with Gasteiger partial charge in [-0.3, -0.25) is 13.7 Å². The molecular weight excluding hydrogens is 246 g/mol. The van der Waals surface area contributed by atoms with Crippen LogP contribution < -0.4 is 4.72 Å². The third-order valence-corrected chi connectivity index (χ3v) is 4.63. The average molecular weight is 273 g/mol. The lowest BCUT2D eigenvalue weighted by Crippen LogP contribution is -2.24. The molecule has 0 aromatic heterocycles. The summed E-state index contributed by atoms with van der Waals surface area (Å²) >= 11 is 1.14. The van der Waals surface area contributed by atoms with Gasteiger partial charge in [0.2, 0.25) is 5.91 Å². The van der Waals surface area contributed by atoms with E-state index in [1.165, 1.54) is 0 Å². The van der Waals surface area contributed by atoms with Gasteiger partial charge in [-0.05, 0) is 31.1 Å². The molecule has 2 aliphatic carbocycles. The molecule has 0 aromatic rings. The van der Waals surface area contributed by atoms with E-state index in [9.17, 15) is 4.79 Å². The van der Waals surface area contributed by atoms with Crippen LogP contribution in [0.2, 0.25) is 0 Å². The Labute approximate surface area is 116 Å². The molecule has 106 valence electrons. The molecule has 0 heterocycles. The molecule has 0 aromatic carbocycles. The van der Waals surface area contributed by atoms with Crippen LogP contribution in [0.4, 0.5) is 0 Å². The van der Waals surface area contributed by atoms with E-state index in [4.69, 9.17) is 4.18 Å². The Kier molecular flexibility index (Phi) is 5.99. The van der Waals surface area contributed by atoms with E-state index in [2.05, 4.69) is 25.5 Å². The fraction of sp³-hybridized carbons (Fsp3) is 0.929. The van der Waals surface area contributed by atoms with Gasteiger partial charge in [0.1, 0.15) is 12.2 Å². The number of carbonyl (C=O) groups is 1. The van der Waals surface area contributed by atoms with Crippen molar-refractivity contribution in [3.8, 4) is 0 Å². The lowest BCUT2D eigenvalue weighted by molar-refractivity contribution is -0.120. The number of rotatable bonds is 6. The van der Waals surface area contributed by atoms with Crippen LogP contribution in [0.15, 0.2) is 0 Å². The molecule has 2 saturated carbocycles. The van der Waals surface area contributed by atoms with Gasteiger partial charge in [-0.2, -0.15) is 0 Å². The summed E-state index contributed by atoms with van der Waals surface area (Å²) in [4.78, 5) is 11.6. The van der Waals surface area contributed by atoms with Crippen LogP contribution >= 0.6 is 12.2 Å². The maximum atomic E-state index is 11.6. The number of hydrogen-bond acceptors (Lipinski definition) is 3. The maximum Gasteiger partial charge on any atom is 0.234 e. The minimum atomic E-state index is 0.0334. The van der Waals surface area contributed by atoms with Crippen LogP contribution in [-0.4, -0.2) is 11.5 Å². The Bertz CT molecular complexity index is 277. The quantitative estimate of drug-likeness (QED) is 0.588. The third kappa shape index (κ3) is 3.89. The minimum absolute atomic E-state index is 0.0334. The second-order valence-electron chi connectivity index (χ2n) is 5.36. The van der Waals surface area contributed by atoms with Crippen LogP contribution in [0.1, 0.15) is 60.3 Å². The number of carbonyl (C=O) groups excluding carboxylic acids is 1. The van der Waals surface area contributed by atoms with Crippen LogP contribution in [0.3, 0.4) is 0 Å². The summed E-state index contributed by atoms with van der Waals surface area (Å²) < 4.78 is 8.52. The first-order valence-electron chi connectivity index (χ1n) is 7.23. The fourth-order valence-electron chi connectivity index (χ4n) is 2.12. The van der Waals surface area contributed by atoms with Gasteiger partial charge in [-0.25, -0.2) is 0 Å². The maximum absolute atomic E-state index is 11.6. The normalized spacial score (nSPS) is 27.2. The van der Waals surface area contributed by atoms with Crippen molar-refractivity contribution in [3.05, 3.63) is 0 Å². The summed E-state index contributed by atoms with van der Waals surface area (Å²) in [5.74, 6) is 1.54. The van der Waals surface area contributed by atoms with E-state index in [-0.39, 0.29) is 17.4 Å². The SMILES string of the molecule is CC.CC[C@@H]1C[C@@H]1C(=O)NSOC1(C(C)C)CC1. The van der Waals surface area contributed by atoms with Crippen molar-refractivity contribution in [1.29, 1.82) is 0 Å². The van der Waals surface area contributed by atoms with Gasteiger partial charge in [0, 0.05) is 5.92 Å². The van der Waals surface area contributed by atoms with Gasteiger partial charge in [0.05, 0.1) is 5.60 Å². The van der Waals surface area contributed by atoms with Crippen molar-refractivity contribution in [3.63, 3.8) is 0 Å². The molecule has 2 fully saturated rings. The van der Waals surface area contributed by atoms with Gasteiger partial charge in [0.15, 0.2) is 0 Å². The van der Waals surface area contributed by atoms with Gasteiger partial charge < -0.3 is 0 Å². The molecule has 2 rings (SSSR count). The number of hydrogen-bond donors (Lipinski definition) is 1. The predicted octanol–water partition coefficient (Wildman–Crippen LogP) is 3.94. The van der Waals surface area contributed by atoms with E-state index < -0.39 is 0 Å². The fourth-order valence-corrected chi connectivity index (χ4v) is 2.92. The van der Waals surface area contributed by atoms with Gasteiger partial charge >= 0.3 is 0 Å². The van der Waals surface area contributed by atoms with Crippen LogP contribution in [0, 0.1) is 17.8 Å². The first-order chi connectivity index (χ1) is 8.59. The van der Waals surface area contributed by atoms with Crippen LogP contribution in [0.5, 0.6) is 0 Å². The largest absolute Gasteiger partial charge is 0.290 e. The zero-order valence-electron chi connectivity index (χ0n) is 12.3. The highest BCUT2D eigenvalue weighted by Gasteiger charge is 2.48. The molecule has 2 aliphatic rings. The highest BCUT2D eigenvalue weighted by atomic mass is 32.2. The zero-order valence-corrected chi connectivity index (χ0v) is 13.1. The molecule has 1 amide bonds. The Morgan fingerprint density at radius 1 is 1.44 bits per heavy atom. The van der Waals surface area contributed by atoms with Crippen molar-refractivity contribution in [2.75, 3.05) is 0 Å². The lowest BCUT2D eigenvalue weighted by Gasteiger charge is -2.18. The van der Waals surface area contributed by atoms with E-state index >= 15 is 0 Å². The average Bonchev–Trinajstić information content (AvgIpc) is 3.26. The molecule has 0 saturated heterocycles. The molecule has 18 heavy (non-hydrogen) atoms. The number of nitrogens with one attached hydrogen (secondary N) is 1. The molecule has 0 bridgehead atoms. The van der Waals surface area contributed by atoms with E-state index in [1.54, 1.807) is 0 Å². The summed E-state index contributed by atoms with van der Waals surface area (Å²) in [6.07, 6.45) is 4.40. The summed E-state index contributed by atoms with van der Waals surface area (Å²) in [6, 6.07) is 0. The van der Waals surface area contributed by atoms with Crippen LogP contribution in [-0.2, 0) is 8.98 Å². The smallest absolute Gasteiger partial charge is 0.234 e. The molecular formula is C14H27NO2S. The summed E-state index contributed by atoms with van der Waals surface area (Å²) in [7, 11) is 0. The van der Waals surface area contributed by atoms with Crippen molar-refractivity contribution >= 4 is 18.1 Å². The van der Waals surface area contributed by atoms with Gasteiger partial charge in [-0.15, -0.1) is 0 Å². The minimum Gasteiger partial charge on any atom is -0.290 e. The van der Waals surface area contributed by atoms with Gasteiger partial charge in [-0.1, -0.05) is 41.0 Å². The molecule has 1 N–H and O–H groups in total. The highest BCUT2D eigenvalue weighted by Crippen LogP contribution is 2.48. The summed E-state index contributed by atoms with van der Waals surface area (Å²) in [5, 5.41) is 0. The van der Waals surface area contributed by atoms with E-state index in [0.717, 1.165) is 37.9 Å². The first kappa shape index (κ1) is 15.8. The van der Waals surface area contributed by atoms with Crippen LogP contribution in [0.25, 0.3) is 0 Å². The molecule has 4 heteroatoms. The Morgan fingerprint density at radius 3 is 2.44 bits per heavy atom.